The average Bonchev–Trinajstić information content (AvgIpc) is 2.51. The van der Waals surface area contributed by atoms with Crippen molar-refractivity contribution in [1.29, 1.82) is 0 Å². The number of likely N-dealkylation sites (N-methyl/N-ethyl adjacent to an activating group) is 1. The van der Waals surface area contributed by atoms with Crippen molar-refractivity contribution >= 4 is 11.9 Å². The standard InChI is InChI=1S/C19H30N4O/c1-14(2)12-21-19(22-13-18(24)23(5)6)20-11-10-17-15(3)8-7-9-16(17)4/h7-9H,1,10-13H2,2-6H3,(H2,20,21,22). The lowest BCUT2D eigenvalue weighted by Gasteiger charge is -2.15. The van der Waals surface area contributed by atoms with Crippen molar-refractivity contribution in [1.82, 2.24) is 15.5 Å². The molecule has 0 spiro atoms. The third-order valence-electron chi connectivity index (χ3n) is 3.74. The maximum Gasteiger partial charge on any atom is 0.243 e. The van der Waals surface area contributed by atoms with Crippen LogP contribution in [-0.2, 0) is 11.2 Å². The SMILES string of the molecule is C=C(C)CNC(=NCC(=O)N(C)C)NCCc1c(C)cccc1C. The molecule has 0 aliphatic rings. The number of rotatable bonds is 7. The lowest BCUT2D eigenvalue weighted by atomic mass is 10.0. The number of benzene rings is 1. The maximum absolute atomic E-state index is 11.7. The average molecular weight is 330 g/mol. The summed E-state index contributed by atoms with van der Waals surface area (Å²) in [5.74, 6) is 0.612. The van der Waals surface area contributed by atoms with Gasteiger partial charge in [0.15, 0.2) is 5.96 Å². The zero-order valence-corrected chi connectivity index (χ0v) is 15.6. The van der Waals surface area contributed by atoms with Gasteiger partial charge in [0.2, 0.25) is 5.91 Å². The molecule has 24 heavy (non-hydrogen) atoms. The molecule has 0 radical (unpaired) electrons. The fourth-order valence-corrected chi connectivity index (χ4v) is 2.25. The van der Waals surface area contributed by atoms with E-state index in [0.29, 0.717) is 12.5 Å². The van der Waals surface area contributed by atoms with Crippen LogP contribution in [0.2, 0.25) is 0 Å². The summed E-state index contributed by atoms with van der Waals surface area (Å²) >= 11 is 0. The number of aliphatic imine (C=N–C) groups is 1. The van der Waals surface area contributed by atoms with E-state index in [-0.39, 0.29) is 12.5 Å². The van der Waals surface area contributed by atoms with Gasteiger partial charge in [0, 0.05) is 27.2 Å². The van der Waals surface area contributed by atoms with Gasteiger partial charge < -0.3 is 15.5 Å². The Morgan fingerprint density at radius 3 is 2.38 bits per heavy atom. The van der Waals surface area contributed by atoms with Crippen LogP contribution in [0.1, 0.15) is 23.6 Å². The normalized spacial score (nSPS) is 11.1. The number of aryl methyl sites for hydroxylation is 2. The summed E-state index contributed by atoms with van der Waals surface area (Å²) in [5.41, 5.74) is 4.97. The minimum Gasteiger partial charge on any atom is -0.356 e. The number of amides is 1. The predicted octanol–water partition coefficient (Wildman–Crippen LogP) is 2.05. The Morgan fingerprint density at radius 1 is 1.21 bits per heavy atom. The van der Waals surface area contributed by atoms with Crippen LogP contribution in [-0.4, -0.2) is 50.5 Å². The molecular weight excluding hydrogens is 300 g/mol. The second-order valence-electron chi connectivity index (χ2n) is 6.31. The monoisotopic (exact) mass is 330 g/mol. The largest absolute Gasteiger partial charge is 0.356 e. The van der Waals surface area contributed by atoms with Crippen LogP contribution in [0.5, 0.6) is 0 Å². The fraction of sp³-hybridized carbons (Fsp3) is 0.474. The molecule has 5 heteroatoms. The molecule has 0 saturated heterocycles. The first-order valence-electron chi connectivity index (χ1n) is 8.23. The third kappa shape index (κ3) is 6.86. The van der Waals surface area contributed by atoms with E-state index >= 15 is 0 Å². The van der Waals surface area contributed by atoms with Crippen molar-refractivity contribution < 1.29 is 4.79 Å². The van der Waals surface area contributed by atoms with Gasteiger partial charge in [-0.05, 0) is 43.9 Å². The second kappa shape index (κ2) is 9.75. The van der Waals surface area contributed by atoms with Gasteiger partial charge in [-0.3, -0.25) is 4.79 Å². The van der Waals surface area contributed by atoms with E-state index in [9.17, 15) is 4.79 Å². The van der Waals surface area contributed by atoms with Crippen molar-refractivity contribution in [3.8, 4) is 0 Å². The highest BCUT2D eigenvalue weighted by molar-refractivity contribution is 5.84. The Labute approximate surface area is 145 Å². The van der Waals surface area contributed by atoms with E-state index in [1.165, 1.54) is 21.6 Å². The molecule has 1 rings (SSSR count). The molecule has 0 unspecified atom stereocenters. The van der Waals surface area contributed by atoms with Gasteiger partial charge in [-0.25, -0.2) is 4.99 Å². The van der Waals surface area contributed by atoms with Crippen LogP contribution in [0.25, 0.3) is 0 Å². The quantitative estimate of drug-likeness (QED) is 0.457. The summed E-state index contributed by atoms with van der Waals surface area (Å²) in [6, 6.07) is 6.34. The molecule has 1 amide bonds. The molecule has 0 atom stereocenters. The van der Waals surface area contributed by atoms with Gasteiger partial charge in [0.1, 0.15) is 6.54 Å². The zero-order valence-electron chi connectivity index (χ0n) is 15.6. The van der Waals surface area contributed by atoms with Gasteiger partial charge in [0.05, 0.1) is 0 Å². The molecule has 2 N–H and O–H groups in total. The topological polar surface area (TPSA) is 56.7 Å². The van der Waals surface area contributed by atoms with Crippen LogP contribution < -0.4 is 10.6 Å². The van der Waals surface area contributed by atoms with E-state index in [4.69, 9.17) is 0 Å². The Hall–Kier alpha value is -2.30. The Bertz CT molecular complexity index is 585. The summed E-state index contributed by atoms with van der Waals surface area (Å²) in [6.45, 7) is 11.6. The molecule has 0 aliphatic heterocycles. The summed E-state index contributed by atoms with van der Waals surface area (Å²) in [4.78, 5) is 17.6. The minimum absolute atomic E-state index is 0.0267. The van der Waals surface area contributed by atoms with Crippen molar-refractivity contribution in [2.75, 3.05) is 33.7 Å². The van der Waals surface area contributed by atoms with Gasteiger partial charge in [0.25, 0.3) is 0 Å². The smallest absolute Gasteiger partial charge is 0.243 e. The molecule has 0 aliphatic carbocycles. The summed E-state index contributed by atoms with van der Waals surface area (Å²) in [5, 5.41) is 6.50. The lowest BCUT2D eigenvalue weighted by Crippen LogP contribution is -2.40. The van der Waals surface area contributed by atoms with Gasteiger partial charge in [-0.15, -0.1) is 0 Å². The first-order chi connectivity index (χ1) is 11.3. The van der Waals surface area contributed by atoms with E-state index < -0.39 is 0 Å². The van der Waals surface area contributed by atoms with Crippen LogP contribution in [0.4, 0.5) is 0 Å². The maximum atomic E-state index is 11.7. The van der Waals surface area contributed by atoms with E-state index in [1.54, 1.807) is 14.1 Å². The van der Waals surface area contributed by atoms with Crippen molar-refractivity contribution in [2.45, 2.75) is 27.2 Å². The predicted molar refractivity (Wildman–Crippen MR) is 101 cm³/mol. The minimum atomic E-state index is -0.0267. The molecule has 0 heterocycles. The molecule has 1 aromatic carbocycles. The molecule has 0 saturated carbocycles. The summed E-state index contributed by atoms with van der Waals surface area (Å²) < 4.78 is 0. The van der Waals surface area contributed by atoms with E-state index in [0.717, 1.165) is 18.5 Å². The summed E-state index contributed by atoms with van der Waals surface area (Å²) in [7, 11) is 3.46. The number of nitrogens with zero attached hydrogens (tertiary/aromatic N) is 2. The number of carbonyl (C=O) groups is 1. The molecular formula is C19H30N4O. The van der Waals surface area contributed by atoms with Crippen LogP contribution in [0.15, 0.2) is 35.3 Å². The third-order valence-corrected chi connectivity index (χ3v) is 3.74. The molecule has 0 bridgehead atoms. The number of guanidine groups is 1. The van der Waals surface area contributed by atoms with Crippen molar-refractivity contribution in [2.24, 2.45) is 4.99 Å². The Kier molecular flexibility index (Phi) is 8.02. The Balaban J connectivity index is 2.65. The molecule has 5 nitrogen and oxygen atoms in total. The number of hydrogen-bond acceptors (Lipinski definition) is 2. The first-order valence-corrected chi connectivity index (χ1v) is 8.23. The van der Waals surface area contributed by atoms with Crippen LogP contribution >= 0.6 is 0 Å². The molecule has 132 valence electrons. The van der Waals surface area contributed by atoms with Gasteiger partial charge in [-0.1, -0.05) is 30.4 Å². The van der Waals surface area contributed by atoms with Crippen molar-refractivity contribution in [3.05, 3.63) is 47.0 Å². The number of carbonyl (C=O) groups excluding carboxylic acids is 1. The molecule has 1 aromatic rings. The first kappa shape index (κ1) is 19.7. The molecule has 0 aromatic heterocycles. The Morgan fingerprint density at radius 2 is 1.83 bits per heavy atom. The fourth-order valence-electron chi connectivity index (χ4n) is 2.25. The van der Waals surface area contributed by atoms with E-state index in [2.05, 4.69) is 54.3 Å². The molecule has 0 fully saturated rings. The lowest BCUT2D eigenvalue weighted by molar-refractivity contribution is -0.127. The highest BCUT2D eigenvalue weighted by Gasteiger charge is 2.06. The van der Waals surface area contributed by atoms with Crippen LogP contribution in [0, 0.1) is 13.8 Å². The number of nitrogens with one attached hydrogen (secondary N) is 2. The highest BCUT2D eigenvalue weighted by Crippen LogP contribution is 2.13. The highest BCUT2D eigenvalue weighted by atomic mass is 16.2. The summed E-state index contributed by atoms with van der Waals surface area (Å²) in [6.07, 6.45) is 0.911. The van der Waals surface area contributed by atoms with Gasteiger partial charge >= 0.3 is 0 Å². The number of hydrogen-bond donors (Lipinski definition) is 2. The second-order valence-corrected chi connectivity index (χ2v) is 6.31. The van der Waals surface area contributed by atoms with E-state index in [1.807, 2.05) is 6.92 Å². The van der Waals surface area contributed by atoms with Crippen LogP contribution in [0.3, 0.4) is 0 Å². The van der Waals surface area contributed by atoms with Crippen molar-refractivity contribution in [3.63, 3.8) is 0 Å². The zero-order chi connectivity index (χ0) is 18.1. The van der Waals surface area contributed by atoms with Gasteiger partial charge in [-0.2, -0.15) is 0 Å².